The van der Waals surface area contributed by atoms with Gasteiger partial charge in [-0.3, -0.25) is 4.79 Å². The van der Waals surface area contributed by atoms with Crippen molar-refractivity contribution in [3.05, 3.63) is 59.7 Å². The number of phenolic OH excluding ortho intramolecular Hbond substituents is 1. The molecule has 4 aliphatic heterocycles. The highest BCUT2D eigenvalue weighted by Gasteiger charge is 2.35. The van der Waals surface area contributed by atoms with Crippen molar-refractivity contribution < 1.29 is 19.5 Å². The van der Waals surface area contributed by atoms with Crippen LogP contribution in [0.4, 0.5) is 15.3 Å². The molecule has 3 fully saturated rings. The third kappa shape index (κ3) is 7.12. The fourth-order valence-corrected chi connectivity index (χ4v) is 7.38. The van der Waals surface area contributed by atoms with E-state index in [-0.39, 0.29) is 29.8 Å². The van der Waals surface area contributed by atoms with Crippen LogP contribution in [0.1, 0.15) is 56.1 Å². The number of para-hydroxylation sites is 1. The molecule has 0 radical (unpaired) electrons. The number of urea groups is 2. The van der Waals surface area contributed by atoms with Crippen LogP contribution in [-0.2, 0) is 17.6 Å². The Morgan fingerprint density at radius 3 is 2.20 bits per heavy atom. The zero-order valence-electron chi connectivity index (χ0n) is 25.6. The summed E-state index contributed by atoms with van der Waals surface area (Å²) < 4.78 is 0. The monoisotopic (exact) mass is 602 g/mol. The largest absolute Gasteiger partial charge is 0.508 e. The summed E-state index contributed by atoms with van der Waals surface area (Å²) in [5, 5.41) is 15.9. The maximum absolute atomic E-state index is 13.9. The number of nitrogens with one attached hydrogen (secondary N) is 2. The number of piperidine rings is 3. The number of nitrogens with zero attached hydrogens (tertiary/aromatic N) is 4. The summed E-state index contributed by atoms with van der Waals surface area (Å²) in [4.78, 5) is 48.7. The molecular weight excluding hydrogens is 556 g/mol. The van der Waals surface area contributed by atoms with Gasteiger partial charge in [0.05, 0.1) is 0 Å². The van der Waals surface area contributed by atoms with Crippen LogP contribution < -0.4 is 10.6 Å². The van der Waals surface area contributed by atoms with E-state index in [1.807, 2.05) is 28.0 Å². The molecule has 0 saturated carbocycles. The number of carbonyl (C=O) groups excluding carboxylic acids is 3. The molecule has 3 N–H and O–H groups in total. The van der Waals surface area contributed by atoms with E-state index in [1.165, 1.54) is 19.3 Å². The highest BCUT2D eigenvalue weighted by Crippen LogP contribution is 2.25. The van der Waals surface area contributed by atoms with Gasteiger partial charge in [-0.2, -0.15) is 0 Å². The lowest BCUT2D eigenvalue weighted by atomic mass is 9.98. The Labute approximate surface area is 260 Å². The van der Waals surface area contributed by atoms with Gasteiger partial charge in [-0.15, -0.1) is 0 Å². The lowest BCUT2D eigenvalue weighted by Gasteiger charge is -2.41. The minimum absolute atomic E-state index is 0.0424. The first-order valence-electron chi connectivity index (χ1n) is 16.5. The first-order chi connectivity index (χ1) is 21.4. The fourth-order valence-electron chi connectivity index (χ4n) is 7.38. The van der Waals surface area contributed by atoms with Gasteiger partial charge >= 0.3 is 12.1 Å². The fraction of sp³-hybridized carbons (Fsp3) is 0.559. The van der Waals surface area contributed by atoms with Crippen LogP contribution in [0.5, 0.6) is 5.75 Å². The minimum Gasteiger partial charge on any atom is -0.508 e. The van der Waals surface area contributed by atoms with Crippen molar-refractivity contribution in [1.29, 1.82) is 0 Å². The molecule has 6 rings (SSSR count). The Balaban J connectivity index is 1.06. The lowest BCUT2D eigenvalue weighted by molar-refractivity contribution is -0.134. The van der Waals surface area contributed by atoms with E-state index in [9.17, 15) is 19.5 Å². The summed E-state index contributed by atoms with van der Waals surface area (Å²) in [6.45, 7) is 5.42. The van der Waals surface area contributed by atoms with Gasteiger partial charge in [-0.25, -0.2) is 9.59 Å². The topological polar surface area (TPSA) is 108 Å². The Kier molecular flexibility index (Phi) is 9.54. The number of benzene rings is 2. The summed E-state index contributed by atoms with van der Waals surface area (Å²) in [5.74, 6) is 0.129. The number of aromatic hydroxyl groups is 1. The quantitative estimate of drug-likeness (QED) is 0.463. The molecule has 3 saturated heterocycles. The number of anilines is 1. The van der Waals surface area contributed by atoms with Gasteiger partial charge in [-0.05, 0) is 87.4 Å². The maximum atomic E-state index is 13.9. The van der Waals surface area contributed by atoms with Gasteiger partial charge < -0.3 is 35.3 Å². The van der Waals surface area contributed by atoms with E-state index >= 15 is 0 Å². The second-order valence-corrected chi connectivity index (χ2v) is 12.8. The lowest BCUT2D eigenvalue weighted by Crippen LogP contribution is -2.57. The molecule has 5 amide bonds. The Morgan fingerprint density at radius 2 is 1.48 bits per heavy atom. The molecule has 10 heteroatoms. The molecule has 1 atom stereocenters. The number of fused-ring (bicyclic) bond motifs is 1. The molecule has 0 aromatic heterocycles. The summed E-state index contributed by atoms with van der Waals surface area (Å²) >= 11 is 0. The Hall–Kier alpha value is -3.79. The van der Waals surface area contributed by atoms with Crippen molar-refractivity contribution in [3.8, 4) is 5.75 Å². The van der Waals surface area contributed by atoms with Gasteiger partial charge in [0.1, 0.15) is 11.8 Å². The molecule has 236 valence electrons. The van der Waals surface area contributed by atoms with Gasteiger partial charge in [0.15, 0.2) is 0 Å². The van der Waals surface area contributed by atoms with E-state index in [1.54, 1.807) is 29.2 Å². The molecule has 0 aliphatic carbocycles. The first-order valence-corrected chi connectivity index (χ1v) is 16.5. The van der Waals surface area contributed by atoms with Crippen molar-refractivity contribution >= 4 is 23.7 Å². The summed E-state index contributed by atoms with van der Waals surface area (Å²) in [6, 6.07) is 14.4. The predicted octanol–water partition coefficient (Wildman–Crippen LogP) is 4.04. The van der Waals surface area contributed by atoms with Crippen LogP contribution in [-0.4, -0.2) is 107 Å². The van der Waals surface area contributed by atoms with Crippen LogP contribution >= 0.6 is 0 Å². The van der Waals surface area contributed by atoms with E-state index in [0.29, 0.717) is 58.0 Å². The first kappa shape index (κ1) is 30.2. The van der Waals surface area contributed by atoms with Crippen molar-refractivity contribution in [2.45, 2.75) is 75.9 Å². The molecule has 0 spiro atoms. The average molecular weight is 603 g/mol. The highest BCUT2D eigenvalue weighted by molar-refractivity contribution is 5.91. The normalized spacial score (nSPS) is 21.3. The second kappa shape index (κ2) is 13.9. The van der Waals surface area contributed by atoms with Crippen molar-refractivity contribution in [3.63, 3.8) is 0 Å². The van der Waals surface area contributed by atoms with Crippen LogP contribution in [0.15, 0.2) is 48.5 Å². The molecule has 4 aliphatic rings. The van der Waals surface area contributed by atoms with Crippen molar-refractivity contribution in [2.24, 2.45) is 0 Å². The van der Waals surface area contributed by atoms with Gasteiger partial charge in [0.25, 0.3) is 0 Å². The van der Waals surface area contributed by atoms with Crippen LogP contribution in [0, 0.1) is 0 Å². The smallest absolute Gasteiger partial charge is 0.322 e. The van der Waals surface area contributed by atoms with E-state index in [0.717, 1.165) is 49.2 Å². The Morgan fingerprint density at radius 1 is 0.818 bits per heavy atom. The number of amides is 5. The third-order valence-electron chi connectivity index (χ3n) is 9.99. The summed E-state index contributed by atoms with van der Waals surface area (Å²) in [6.07, 6.45) is 8.31. The molecule has 2 aromatic carbocycles. The van der Waals surface area contributed by atoms with Crippen LogP contribution in [0.2, 0.25) is 0 Å². The SMILES string of the molecule is O=C(N[C@H](Cc1ccc(O)cc1)C(=O)N1CCC(N2CCCCC2)CC1)N1CCC(N2CCc3ccccc3NC2=O)CC1. The molecule has 44 heavy (non-hydrogen) atoms. The predicted molar refractivity (Wildman–Crippen MR) is 170 cm³/mol. The van der Waals surface area contributed by atoms with Crippen LogP contribution in [0.3, 0.4) is 0 Å². The van der Waals surface area contributed by atoms with E-state index in [2.05, 4.69) is 21.6 Å². The zero-order chi connectivity index (χ0) is 30.5. The average Bonchev–Trinajstić information content (AvgIpc) is 3.23. The van der Waals surface area contributed by atoms with Gasteiger partial charge in [0.2, 0.25) is 5.91 Å². The second-order valence-electron chi connectivity index (χ2n) is 12.8. The van der Waals surface area contributed by atoms with Crippen LogP contribution in [0.25, 0.3) is 0 Å². The van der Waals surface area contributed by atoms with Crippen molar-refractivity contribution in [2.75, 3.05) is 51.1 Å². The number of hydrogen-bond acceptors (Lipinski definition) is 5. The number of likely N-dealkylation sites (tertiary alicyclic amines) is 3. The summed E-state index contributed by atoms with van der Waals surface area (Å²) in [7, 11) is 0. The Bertz CT molecular complexity index is 1300. The van der Waals surface area contributed by atoms with Crippen molar-refractivity contribution in [1.82, 2.24) is 24.9 Å². The number of rotatable bonds is 6. The minimum atomic E-state index is -0.689. The van der Waals surface area contributed by atoms with Gasteiger partial charge in [0, 0.05) is 56.9 Å². The summed E-state index contributed by atoms with van der Waals surface area (Å²) in [5.41, 5.74) is 2.90. The third-order valence-corrected chi connectivity index (χ3v) is 9.99. The molecule has 2 aromatic rings. The maximum Gasteiger partial charge on any atom is 0.322 e. The standard InChI is InChI=1S/C34H46N6O4/c41-29-10-8-25(9-11-29)24-31(32(42)38-19-13-27(14-20-38)37-17-4-1-5-18-37)36-33(43)39-21-15-28(16-22-39)40-23-12-26-6-2-3-7-30(26)35-34(40)44/h2-3,6-11,27-28,31,41H,1,4-5,12-24H2,(H,35,44)(H,36,43)/t31-/m1/s1. The van der Waals surface area contributed by atoms with E-state index < -0.39 is 6.04 Å². The zero-order valence-corrected chi connectivity index (χ0v) is 25.6. The molecule has 0 bridgehead atoms. The number of carbonyl (C=O) groups is 3. The molecular formula is C34H46N6O4. The number of phenols is 1. The van der Waals surface area contributed by atoms with E-state index in [4.69, 9.17) is 0 Å². The van der Waals surface area contributed by atoms with Gasteiger partial charge in [-0.1, -0.05) is 36.8 Å². The molecule has 10 nitrogen and oxygen atoms in total. The molecule has 4 heterocycles. The highest BCUT2D eigenvalue weighted by atomic mass is 16.3. The molecule has 0 unspecified atom stereocenters. The number of hydrogen-bond donors (Lipinski definition) is 3.